The van der Waals surface area contributed by atoms with Crippen molar-refractivity contribution in [2.75, 3.05) is 19.3 Å². The van der Waals surface area contributed by atoms with Gasteiger partial charge in [0.1, 0.15) is 0 Å². The SMILES string of the molecule is CS(=O)(=O)NCc1cc(C(=O)N2CCCCCC2)ccn1. The van der Waals surface area contributed by atoms with E-state index in [0.717, 1.165) is 32.2 Å². The Bertz CT molecular complexity index is 593. The summed E-state index contributed by atoms with van der Waals surface area (Å²) >= 11 is 0. The Morgan fingerprint density at radius 3 is 2.57 bits per heavy atom. The van der Waals surface area contributed by atoms with Gasteiger partial charge in [-0.05, 0) is 25.0 Å². The van der Waals surface area contributed by atoms with E-state index in [-0.39, 0.29) is 12.5 Å². The van der Waals surface area contributed by atoms with Crippen LogP contribution in [0.1, 0.15) is 41.7 Å². The highest BCUT2D eigenvalue weighted by Gasteiger charge is 2.17. The quantitative estimate of drug-likeness (QED) is 0.904. The molecular formula is C14H21N3O3S. The van der Waals surface area contributed by atoms with Crippen molar-refractivity contribution in [2.45, 2.75) is 32.2 Å². The molecule has 0 unspecified atom stereocenters. The van der Waals surface area contributed by atoms with Gasteiger partial charge in [0.15, 0.2) is 0 Å². The molecule has 1 amide bonds. The van der Waals surface area contributed by atoms with Gasteiger partial charge in [-0.25, -0.2) is 13.1 Å². The number of aromatic nitrogens is 1. The van der Waals surface area contributed by atoms with Crippen molar-refractivity contribution in [3.8, 4) is 0 Å². The molecule has 1 aliphatic rings. The van der Waals surface area contributed by atoms with E-state index >= 15 is 0 Å². The molecule has 1 saturated heterocycles. The lowest BCUT2D eigenvalue weighted by molar-refractivity contribution is 0.0761. The first kappa shape index (κ1) is 15.9. The molecule has 1 N–H and O–H groups in total. The number of amides is 1. The van der Waals surface area contributed by atoms with Crippen LogP contribution in [-0.2, 0) is 16.6 Å². The highest BCUT2D eigenvalue weighted by atomic mass is 32.2. The molecular weight excluding hydrogens is 290 g/mol. The summed E-state index contributed by atoms with van der Waals surface area (Å²) in [7, 11) is -3.27. The lowest BCUT2D eigenvalue weighted by Gasteiger charge is -2.20. The lowest BCUT2D eigenvalue weighted by atomic mass is 10.2. The summed E-state index contributed by atoms with van der Waals surface area (Å²) in [6.45, 7) is 1.68. The Kier molecular flexibility index (Phi) is 5.30. The number of sulfonamides is 1. The molecule has 0 atom stereocenters. The zero-order valence-corrected chi connectivity index (χ0v) is 13.0. The Labute approximate surface area is 125 Å². The zero-order chi connectivity index (χ0) is 15.3. The van der Waals surface area contributed by atoms with Gasteiger partial charge in [0.2, 0.25) is 10.0 Å². The average Bonchev–Trinajstić information content (AvgIpc) is 2.73. The van der Waals surface area contributed by atoms with E-state index in [1.54, 1.807) is 18.3 Å². The number of carbonyl (C=O) groups is 1. The van der Waals surface area contributed by atoms with E-state index in [2.05, 4.69) is 9.71 Å². The number of pyridine rings is 1. The predicted molar refractivity (Wildman–Crippen MR) is 80.3 cm³/mol. The third-order valence-electron chi connectivity index (χ3n) is 3.47. The van der Waals surface area contributed by atoms with Crippen molar-refractivity contribution in [2.24, 2.45) is 0 Å². The van der Waals surface area contributed by atoms with E-state index in [1.165, 1.54) is 12.8 Å². The van der Waals surface area contributed by atoms with E-state index < -0.39 is 10.0 Å². The molecule has 0 spiro atoms. The van der Waals surface area contributed by atoms with E-state index in [9.17, 15) is 13.2 Å². The second-order valence-corrected chi connectivity index (χ2v) is 7.17. The fraction of sp³-hybridized carbons (Fsp3) is 0.571. The Balaban J connectivity index is 2.07. The topological polar surface area (TPSA) is 79.4 Å². The van der Waals surface area contributed by atoms with Crippen LogP contribution in [0.25, 0.3) is 0 Å². The fourth-order valence-electron chi connectivity index (χ4n) is 2.37. The zero-order valence-electron chi connectivity index (χ0n) is 12.2. The number of nitrogens with zero attached hydrogens (tertiary/aromatic N) is 2. The third kappa shape index (κ3) is 5.09. The molecule has 0 bridgehead atoms. The first-order chi connectivity index (χ1) is 9.96. The molecule has 2 heterocycles. The Hall–Kier alpha value is -1.47. The summed E-state index contributed by atoms with van der Waals surface area (Å²) in [6.07, 6.45) is 7.07. The van der Waals surface area contributed by atoms with Crippen LogP contribution >= 0.6 is 0 Å². The third-order valence-corrected chi connectivity index (χ3v) is 4.14. The molecule has 7 heteroatoms. The van der Waals surface area contributed by atoms with E-state index in [4.69, 9.17) is 0 Å². The van der Waals surface area contributed by atoms with Crippen molar-refractivity contribution in [1.82, 2.24) is 14.6 Å². The number of carbonyl (C=O) groups excluding carboxylic acids is 1. The first-order valence-corrected chi connectivity index (χ1v) is 9.04. The second kappa shape index (κ2) is 7.00. The molecule has 1 aliphatic heterocycles. The molecule has 0 aliphatic carbocycles. The average molecular weight is 311 g/mol. The molecule has 0 saturated carbocycles. The minimum absolute atomic E-state index is 0.0000874. The highest BCUT2D eigenvalue weighted by Crippen LogP contribution is 2.13. The van der Waals surface area contributed by atoms with Crippen LogP contribution in [0.2, 0.25) is 0 Å². The monoisotopic (exact) mass is 311 g/mol. The normalized spacial score (nSPS) is 16.5. The molecule has 21 heavy (non-hydrogen) atoms. The van der Waals surface area contributed by atoms with Crippen LogP contribution in [0.5, 0.6) is 0 Å². The summed E-state index contributed by atoms with van der Waals surface area (Å²) in [5.41, 5.74) is 1.11. The van der Waals surface area contributed by atoms with Crippen molar-refractivity contribution in [1.29, 1.82) is 0 Å². The maximum atomic E-state index is 12.5. The van der Waals surface area contributed by atoms with Crippen LogP contribution in [0, 0.1) is 0 Å². The summed E-state index contributed by atoms with van der Waals surface area (Å²) < 4.78 is 24.6. The number of likely N-dealkylation sites (tertiary alicyclic amines) is 1. The van der Waals surface area contributed by atoms with Gasteiger partial charge in [0.25, 0.3) is 5.91 Å². The van der Waals surface area contributed by atoms with Gasteiger partial charge in [-0.1, -0.05) is 12.8 Å². The van der Waals surface area contributed by atoms with Crippen LogP contribution < -0.4 is 4.72 Å². The predicted octanol–water partition coefficient (Wildman–Crippen LogP) is 1.15. The lowest BCUT2D eigenvalue weighted by Crippen LogP contribution is -2.32. The van der Waals surface area contributed by atoms with Gasteiger partial charge in [-0.15, -0.1) is 0 Å². The molecule has 0 aromatic carbocycles. The molecule has 1 aromatic rings. The molecule has 116 valence electrons. The van der Waals surface area contributed by atoms with Gasteiger partial charge >= 0.3 is 0 Å². The standard InChI is InChI=1S/C14H21N3O3S/c1-21(19,20)16-11-13-10-12(6-7-15-13)14(18)17-8-4-2-3-5-9-17/h6-7,10,16H,2-5,8-9,11H2,1H3. The molecule has 0 radical (unpaired) electrons. The van der Waals surface area contributed by atoms with Gasteiger partial charge in [0.05, 0.1) is 18.5 Å². The minimum atomic E-state index is -3.27. The van der Waals surface area contributed by atoms with Crippen LogP contribution in [0.15, 0.2) is 18.3 Å². The Morgan fingerprint density at radius 2 is 1.95 bits per heavy atom. The van der Waals surface area contributed by atoms with Crippen molar-refractivity contribution < 1.29 is 13.2 Å². The summed E-state index contributed by atoms with van der Waals surface area (Å²) in [6, 6.07) is 3.34. The Morgan fingerprint density at radius 1 is 1.29 bits per heavy atom. The maximum Gasteiger partial charge on any atom is 0.253 e. The van der Waals surface area contributed by atoms with E-state index in [0.29, 0.717) is 11.3 Å². The van der Waals surface area contributed by atoms with Crippen LogP contribution in [-0.4, -0.2) is 43.6 Å². The van der Waals surface area contributed by atoms with Crippen molar-refractivity contribution in [3.63, 3.8) is 0 Å². The number of hydrogen-bond acceptors (Lipinski definition) is 4. The van der Waals surface area contributed by atoms with Gasteiger partial charge in [-0.2, -0.15) is 0 Å². The number of hydrogen-bond donors (Lipinski definition) is 1. The van der Waals surface area contributed by atoms with Gasteiger partial charge < -0.3 is 4.90 Å². The molecule has 6 nitrogen and oxygen atoms in total. The summed E-state index contributed by atoms with van der Waals surface area (Å²) in [5, 5.41) is 0. The molecule has 1 fully saturated rings. The van der Waals surface area contributed by atoms with Crippen LogP contribution in [0.4, 0.5) is 0 Å². The van der Waals surface area contributed by atoms with Gasteiger partial charge in [0, 0.05) is 24.8 Å². The van der Waals surface area contributed by atoms with Crippen molar-refractivity contribution >= 4 is 15.9 Å². The van der Waals surface area contributed by atoms with E-state index in [1.807, 2.05) is 4.90 Å². The largest absolute Gasteiger partial charge is 0.339 e. The summed E-state index contributed by atoms with van der Waals surface area (Å²) in [4.78, 5) is 18.4. The van der Waals surface area contributed by atoms with Gasteiger partial charge in [-0.3, -0.25) is 9.78 Å². The summed E-state index contributed by atoms with van der Waals surface area (Å²) in [5.74, 6) is -0.0000874. The van der Waals surface area contributed by atoms with Crippen LogP contribution in [0.3, 0.4) is 0 Å². The second-order valence-electron chi connectivity index (χ2n) is 5.34. The number of rotatable bonds is 4. The maximum absolute atomic E-state index is 12.5. The smallest absolute Gasteiger partial charge is 0.253 e. The number of nitrogens with one attached hydrogen (secondary N) is 1. The van der Waals surface area contributed by atoms with Crippen molar-refractivity contribution in [3.05, 3.63) is 29.6 Å². The minimum Gasteiger partial charge on any atom is -0.339 e. The first-order valence-electron chi connectivity index (χ1n) is 7.14. The highest BCUT2D eigenvalue weighted by molar-refractivity contribution is 7.88. The fourth-order valence-corrected chi connectivity index (χ4v) is 2.78. The molecule has 1 aromatic heterocycles. The molecule has 2 rings (SSSR count).